The lowest BCUT2D eigenvalue weighted by Gasteiger charge is -2.24. The van der Waals surface area contributed by atoms with Crippen LogP contribution in [0.2, 0.25) is 0 Å². The van der Waals surface area contributed by atoms with Crippen LogP contribution >= 0.6 is 0 Å². The van der Waals surface area contributed by atoms with Crippen LogP contribution in [0.1, 0.15) is 36.7 Å². The van der Waals surface area contributed by atoms with E-state index in [1.54, 1.807) is 18.2 Å². The molecule has 0 radical (unpaired) electrons. The van der Waals surface area contributed by atoms with E-state index in [0.29, 0.717) is 36.4 Å². The molecule has 2 heterocycles. The van der Waals surface area contributed by atoms with Crippen molar-refractivity contribution in [1.29, 1.82) is 0 Å². The molecule has 2 unspecified atom stereocenters. The Bertz CT molecular complexity index is 693. The highest BCUT2D eigenvalue weighted by Gasteiger charge is 2.28. The number of nitrogens with zero attached hydrogens (tertiary/aromatic N) is 4. The summed E-state index contributed by atoms with van der Waals surface area (Å²) in [7, 11) is 2.05. The molecule has 0 spiro atoms. The molecule has 0 bridgehead atoms. The molecule has 25 heavy (non-hydrogen) atoms. The maximum Gasteiger partial charge on any atom is 0.226 e. The number of hydrogen-bond donors (Lipinski definition) is 1. The monoisotopic (exact) mass is 348 g/mol. The number of likely N-dealkylation sites (tertiary alicyclic amines) is 1. The van der Waals surface area contributed by atoms with Crippen LogP contribution in [-0.4, -0.2) is 57.8 Å². The predicted octanol–water partition coefficient (Wildman–Crippen LogP) is 2.01. The average Bonchev–Trinajstić information content (AvgIpc) is 3.24. The van der Waals surface area contributed by atoms with Crippen LogP contribution in [0.25, 0.3) is 0 Å². The summed E-state index contributed by atoms with van der Waals surface area (Å²) in [5.74, 6) is 1.00. The number of β-amino-alcohol motifs (C(OH)–C–C–N with tert-alkyl or cyclic N) is 1. The van der Waals surface area contributed by atoms with Gasteiger partial charge in [-0.3, -0.25) is 9.80 Å². The highest BCUT2D eigenvalue weighted by Crippen LogP contribution is 2.22. The van der Waals surface area contributed by atoms with Gasteiger partial charge in [0, 0.05) is 31.1 Å². The number of aromatic nitrogens is 2. The number of halogens is 1. The van der Waals surface area contributed by atoms with Gasteiger partial charge in [0.05, 0.1) is 12.6 Å². The van der Waals surface area contributed by atoms with Gasteiger partial charge in [-0.1, -0.05) is 30.3 Å². The first-order valence-corrected chi connectivity index (χ1v) is 8.73. The molecule has 3 rings (SSSR count). The number of hydrogen-bond acceptors (Lipinski definition) is 6. The minimum atomic E-state index is -0.811. The lowest BCUT2D eigenvalue weighted by Crippen LogP contribution is -2.35. The highest BCUT2D eigenvalue weighted by molar-refractivity contribution is 5.20. The van der Waals surface area contributed by atoms with Crippen LogP contribution in [0.4, 0.5) is 4.39 Å². The maximum absolute atomic E-state index is 13.8. The third kappa shape index (κ3) is 4.42. The number of aliphatic hydroxyl groups excluding tert-OH is 1. The van der Waals surface area contributed by atoms with Gasteiger partial charge in [0.15, 0.2) is 5.82 Å². The Morgan fingerprint density at radius 3 is 2.96 bits per heavy atom. The van der Waals surface area contributed by atoms with Gasteiger partial charge in [-0.25, -0.2) is 4.39 Å². The second-order valence-corrected chi connectivity index (χ2v) is 6.61. The molecular weight excluding hydrogens is 323 g/mol. The van der Waals surface area contributed by atoms with E-state index < -0.39 is 6.10 Å². The zero-order valence-electron chi connectivity index (χ0n) is 14.7. The van der Waals surface area contributed by atoms with Crippen molar-refractivity contribution in [3.63, 3.8) is 0 Å². The van der Waals surface area contributed by atoms with E-state index in [1.807, 2.05) is 14.0 Å². The van der Waals surface area contributed by atoms with Gasteiger partial charge in [-0.05, 0) is 26.1 Å². The molecule has 1 aliphatic heterocycles. The van der Waals surface area contributed by atoms with Crippen molar-refractivity contribution in [1.82, 2.24) is 19.9 Å². The van der Waals surface area contributed by atoms with Crippen molar-refractivity contribution >= 4 is 0 Å². The number of likely N-dealkylation sites (N-methyl/N-ethyl adjacent to an activating group) is 1. The molecule has 136 valence electrons. The average molecular weight is 348 g/mol. The Hall–Kier alpha value is -1.83. The van der Waals surface area contributed by atoms with Crippen LogP contribution in [-0.2, 0) is 13.0 Å². The van der Waals surface area contributed by atoms with E-state index in [2.05, 4.69) is 19.9 Å². The summed E-state index contributed by atoms with van der Waals surface area (Å²) in [6, 6.07) is 6.76. The molecule has 1 saturated heterocycles. The van der Waals surface area contributed by atoms with Crippen LogP contribution in [0, 0.1) is 5.82 Å². The van der Waals surface area contributed by atoms with Gasteiger partial charge in [0.2, 0.25) is 5.89 Å². The van der Waals surface area contributed by atoms with Gasteiger partial charge < -0.3 is 9.63 Å². The Labute approximate surface area is 147 Å². The molecule has 1 aliphatic rings. The van der Waals surface area contributed by atoms with Crippen molar-refractivity contribution in [3.05, 3.63) is 47.4 Å². The minimum absolute atomic E-state index is 0.355. The van der Waals surface area contributed by atoms with Gasteiger partial charge in [-0.15, -0.1) is 0 Å². The van der Waals surface area contributed by atoms with Crippen molar-refractivity contribution in [3.8, 4) is 0 Å². The summed E-state index contributed by atoms with van der Waals surface area (Å²) < 4.78 is 18.9. The lowest BCUT2D eigenvalue weighted by atomic mass is 10.1. The number of benzene rings is 1. The SMILES string of the molecule is CCc1nc(CN(C)C2CCN(CC(O)c3ccccc3F)C2)no1. The standard InChI is InChI=1S/C18H25FN4O2/c1-3-18-20-17(21-25-18)12-22(2)13-8-9-23(10-13)11-16(24)14-6-4-5-7-15(14)19/h4-7,13,16,24H,3,8-12H2,1-2H3. The molecule has 1 N–H and O–H groups in total. The second kappa shape index (κ2) is 8.03. The third-order valence-electron chi connectivity index (χ3n) is 4.77. The lowest BCUT2D eigenvalue weighted by molar-refractivity contribution is 0.117. The van der Waals surface area contributed by atoms with Gasteiger partial charge in [0.25, 0.3) is 0 Å². The van der Waals surface area contributed by atoms with Crippen LogP contribution in [0.15, 0.2) is 28.8 Å². The quantitative estimate of drug-likeness (QED) is 0.826. The molecule has 2 aromatic rings. The molecule has 7 heteroatoms. The summed E-state index contributed by atoms with van der Waals surface area (Å²) in [5, 5.41) is 14.3. The second-order valence-electron chi connectivity index (χ2n) is 6.61. The number of aryl methyl sites for hydroxylation is 1. The molecule has 6 nitrogen and oxygen atoms in total. The first kappa shape index (κ1) is 18.0. The first-order valence-electron chi connectivity index (χ1n) is 8.73. The molecule has 0 saturated carbocycles. The number of aliphatic hydroxyl groups is 1. The summed E-state index contributed by atoms with van der Waals surface area (Å²) in [6.07, 6.45) is 0.926. The smallest absolute Gasteiger partial charge is 0.226 e. The first-order chi connectivity index (χ1) is 12.1. The molecule has 1 fully saturated rings. The largest absolute Gasteiger partial charge is 0.387 e. The van der Waals surface area contributed by atoms with Crippen LogP contribution in [0.5, 0.6) is 0 Å². The predicted molar refractivity (Wildman–Crippen MR) is 91.3 cm³/mol. The zero-order valence-corrected chi connectivity index (χ0v) is 14.7. The van der Waals surface area contributed by atoms with E-state index in [-0.39, 0.29) is 5.82 Å². The third-order valence-corrected chi connectivity index (χ3v) is 4.77. The Morgan fingerprint density at radius 2 is 2.24 bits per heavy atom. The van der Waals surface area contributed by atoms with Crippen LogP contribution < -0.4 is 0 Å². The van der Waals surface area contributed by atoms with E-state index >= 15 is 0 Å². The molecule has 1 aromatic heterocycles. The highest BCUT2D eigenvalue weighted by atomic mass is 19.1. The minimum Gasteiger partial charge on any atom is -0.387 e. The maximum atomic E-state index is 13.8. The van der Waals surface area contributed by atoms with E-state index in [0.717, 1.165) is 25.9 Å². The topological polar surface area (TPSA) is 65.6 Å². The number of rotatable bonds is 7. The van der Waals surface area contributed by atoms with E-state index in [1.165, 1.54) is 6.07 Å². The molecular formula is C18H25FN4O2. The molecule has 0 amide bonds. The van der Waals surface area contributed by atoms with E-state index in [9.17, 15) is 9.50 Å². The fraction of sp³-hybridized carbons (Fsp3) is 0.556. The fourth-order valence-electron chi connectivity index (χ4n) is 3.28. The van der Waals surface area contributed by atoms with Gasteiger partial charge >= 0.3 is 0 Å². The van der Waals surface area contributed by atoms with Gasteiger partial charge in [-0.2, -0.15) is 4.98 Å². The molecule has 0 aliphatic carbocycles. The fourth-order valence-corrected chi connectivity index (χ4v) is 3.28. The Morgan fingerprint density at radius 1 is 1.44 bits per heavy atom. The normalized spacial score (nSPS) is 19.6. The van der Waals surface area contributed by atoms with Crippen molar-refractivity contribution in [2.45, 2.75) is 38.5 Å². The van der Waals surface area contributed by atoms with E-state index in [4.69, 9.17) is 4.52 Å². The summed E-state index contributed by atoms with van der Waals surface area (Å²) in [4.78, 5) is 8.72. The van der Waals surface area contributed by atoms with Crippen molar-refractivity contribution in [2.75, 3.05) is 26.7 Å². The molecule has 1 aromatic carbocycles. The van der Waals surface area contributed by atoms with Crippen LogP contribution in [0.3, 0.4) is 0 Å². The van der Waals surface area contributed by atoms with Crippen molar-refractivity contribution < 1.29 is 14.0 Å². The van der Waals surface area contributed by atoms with Crippen molar-refractivity contribution in [2.24, 2.45) is 0 Å². The Balaban J connectivity index is 1.51. The molecule has 2 atom stereocenters. The Kier molecular flexibility index (Phi) is 5.78. The zero-order chi connectivity index (χ0) is 17.8. The summed E-state index contributed by atoms with van der Waals surface area (Å²) >= 11 is 0. The summed E-state index contributed by atoms with van der Waals surface area (Å²) in [5.41, 5.74) is 0.359. The van der Waals surface area contributed by atoms with Gasteiger partial charge in [0.1, 0.15) is 5.82 Å². The summed E-state index contributed by atoms with van der Waals surface area (Å²) in [6.45, 7) is 4.77.